The molecule has 0 spiro atoms. The van der Waals surface area contributed by atoms with E-state index in [1.807, 2.05) is 17.8 Å². The van der Waals surface area contributed by atoms with Gasteiger partial charge in [0.15, 0.2) is 5.82 Å². The second-order valence-electron chi connectivity index (χ2n) is 10.7. The maximum atomic E-state index is 14.2. The van der Waals surface area contributed by atoms with E-state index in [-0.39, 0.29) is 0 Å². The molecule has 4 aromatic rings. The van der Waals surface area contributed by atoms with Gasteiger partial charge in [-0.15, -0.1) is 0 Å². The lowest BCUT2D eigenvalue weighted by Gasteiger charge is -2.36. The first kappa shape index (κ1) is 27.0. The van der Waals surface area contributed by atoms with E-state index in [2.05, 4.69) is 19.9 Å². The number of benzene rings is 1. The van der Waals surface area contributed by atoms with Gasteiger partial charge in [0.2, 0.25) is 0 Å². The van der Waals surface area contributed by atoms with Crippen molar-refractivity contribution >= 4 is 16.9 Å². The number of hydrogen-bond acceptors (Lipinski definition) is 8. The maximum Gasteiger partial charge on any atom is 0.156 e. The molecule has 206 valence electrons. The molecule has 0 saturated carbocycles. The van der Waals surface area contributed by atoms with Gasteiger partial charge in [0.25, 0.3) is 0 Å². The molecule has 39 heavy (non-hydrogen) atoms. The van der Waals surface area contributed by atoms with Crippen molar-refractivity contribution in [2.24, 2.45) is 0 Å². The van der Waals surface area contributed by atoms with Crippen LogP contribution in [-0.4, -0.2) is 71.6 Å². The summed E-state index contributed by atoms with van der Waals surface area (Å²) in [6.45, 7) is 10.2. The average molecular weight is 538 g/mol. The monoisotopic (exact) mass is 537 g/mol. The lowest BCUT2D eigenvalue weighted by molar-refractivity contribution is -0.127. The number of aromatic nitrogens is 5. The third-order valence-corrected chi connectivity index (χ3v) is 7.53. The van der Waals surface area contributed by atoms with Crippen LogP contribution in [0.25, 0.3) is 22.3 Å². The van der Waals surface area contributed by atoms with E-state index in [0.29, 0.717) is 73.1 Å². The van der Waals surface area contributed by atoms with Crippen molar-refractivity contribution in [3.63, 3.8) is 0 Å². The fourth-order valence-electron chi connectivity index (χ4n) is 4.61. The number of pyridine rings is 1. The van der Waals surface area contributed by atoms with E-state index >= 15 is 0 Å². The highest BCUT2D eigenvalue weighted by molar-refractivity contribution is 5.83. The molecule has 9 nitrogen and oxygen atoms in total. The van der Waals surface area contributed by atoms with Gasteiger partial charge in [-0.2, -0.15) is 5.10 Å². The Morgan fingerprint density at radius 1 is 0.949 bits per heavy atom. The maximum absolute atomic E-state index is 14.2. The number of aliphatic hydroxyl groups is 2. The Balaban J connectivity index is 1.48. The van der Waals surface area contributed by atoms with E-state index in [0.717, 1.165) is 11.6 Å². The van der Waals surface area contributed by atoms with Crippen molar-refractivity contribution in [2.45, 2.75) is 52.0 Å². The number of rotatable bonds is 7. The highest BCUT2D eigenvalue weighted by atomic mass is 19.1. The van der Waals surface area contributed by atoms with E-state index in [1.165, 1.54) is 32.9 Å². The SMILES string of the molecule is CCn1cc(-c2nc3cnc(C(C)(O)C(C)(C)O)cc3nc2N2CCN(Cc3ccc(F)cc3F)CC2)cn1. The van der Waals surface area contributed by atoms with Crippen LogP contribution in [0.4, 0.5) is 14.6 Å². The molecule has 1 fully saturated rings. The molecule has 1 saturated heterocycles. The first-order chi connectivity index (χ1) is 18.5. The minimum atomic E-state index is -1.61. The zero-order valence-electron chi connectivity index (χ0n) is 22.6. The van der Waals surface area contributed by atoms with Crippen LogP contribution in [-0.2, 0) is 18.7 Å². The van der Waals surface area contributed by atoms with Gasteiger partial charge >= 0.3 is 0 Å². The largest absolute Gasteiger partial charge is 0.387 e. The molecule has 5 rings (SSSR count). The zero-order chi connectivity index (χ0) is 27.9. The van der Waals surface area contributed by atoms with E-state index < -0.39 is 22.8 Å². The van der Waals surface area contributed by atoms with Gasteiger partial charge in [-0.25, -0.2) is 18.7 Å². The number of anilines is 1. The van der Waals surface area contributed by atoms with Crippen LogP contribution in [0.3, 0.4) is 0 Å². The molecule has 2 N–H and O–H groups in total. The van der Waals surface area contributed by atoms with Crippen LogP contribution >= 0.6 is 0 Å². The molecule has 0 radical (unpaired) electrons. The Morgan fingerprint density at radius 3 is 2.33 bits per heavy atom. The second kappa shape index (κ2) is 10.2. The standard InChI is InChI=1S/C28H33F2N7O2/c1-5-37-17-19(14-32-37)25-26(34-22-13-24(31-15-23(22)33-25)28(4,39)27(2,3)38)36-10-8-35(9-11-36)16-18-6-7-20(29)12-21(18)30/h6-7,12-15,17,38-39H,5,8-11,16H2,1-4H3. The second-order valence-corrected chi connectivity index (χ2v) is 10.7. The van der Waals surface area contributed by atoms with Gasteiger partial charge in [-0.1, -0.05) is 6.07 Å². The lowest BCUT2D eigenvalue weighted by atomic mass is 9.84. The topological polar surface area (TPSA) is 103 Å². The molecule has 0 bridgehead atoms. The number of nitrogens with zero attached hydrogens (tertiary/aromatic N) is 7. The van der Waals surface area contributed by atoms with Gasteiger partial charge in [0.05, 0.1) is 29.2 Å². The Kier molecular flexibility index (Phi) is 7.08. The summed E-state index contributed by atoms with van der Waals surface area (Å²) in [5.41, 5.74) is 0.307. The van der Waals surface area contributed by atoms with Gasteiger partial charge in [0.1, 0.15) is 28.4 Å². The van der Waals surface area contributed by atoms with Crippen LogP contribution in [0, 0.1) is 11.6 Å². The minimum absolute atomic E-state index is 0.292. The highest BCUT2D eigenvalue weighted by Crippen LogP contribution is 2.34. The van der Waals surface area contributed by atoms with Crippen LogP contribution in [0.1, 0.15) is 39.0 Å². The van der Waals surface area contributed by atoms with Crippen molar-refractivity contribution in [1.29, 1.82) is 0 Å². The molecule has 1 aromatic carbocycles. The number of fused-ring (bicyclic) bond motifs is 1. The molecule has 1 aliphatic heterocycles. The summed E-state index contributed by atoms with van der Waals surface area (Å²) >= 11 is 0. The van der Waals surface area contributed by atoms with Crippen LogP contribution in [0.15, 0.2) is 42.9 Å². The smallest absolute Gasteiger partial charge is 0.156 e. The molecule has 0 aliphatic carbocycles. The summed E-state index contributed by atoms with van der Waals surface area (Å²) in [5.74, 6) is -0.456. The minimum Gasteiger partial charge on any atom is -0.387 e. The summed E-state index contributed by atoms with van der Waals surface area (Å²) in [6, 6.07) is 5.35. The number of halogens is 2. The molecule has 4 heterocycles. The van der Waals surface area contributed by atoms with Crippen LogP contribution in [0.5, 0.6) is 0 Å². The lowest BCUT2D eigenvalue weighted by Crippen LogP contribution is -2.46. The number of piperazine rings is 1. The summed E-state index contributed by atoms with van der Waals surface area (Å²) in [6.07, 6.45) is 5.25. The summed E-state index contributed by atoms with van der Waals surface area (Å²) < 4.78 is 29.4. The van der Waals surface area contributed by atoms with Gasteiger partial charge in [-0.3, -0.25) is 14.6 Å². The van der Waals surface area contributed by atoms with Gasteiger partial charge in [0, 0.05) is 62.7 Å². The predicted molar refractivity (Wildman–Crippen MR) is 144 cm³/mol. The van der Waals surface area contributed by atoms with E-state index in [9.17, 15) is 19.0 Å². The molecule has 11 heteroatoms. The Hall–Kier alpha value is -3.54. The zero-order valence-corrected chi connectivity index (χ0v) is 22.6. The Labute approximate surface area is 225 Å². The van der Waals surface area contributed by atoms with Gasteiger partial charge in [-0.05, 0) is 39.8 Å². The third kappa shape index (κ3) is 5.34. The first-order valence-electron chi connectivity index (χ1n) is 13.0. The molecule has 1 unspecified atom stereocenters. The van der Waals surface area contributed by atoms with E-state index in [1.54, 1.807) is 18.5 Å². The van der Waals surface area contributed by atoms with Crippen molar-refractivity contribution < 1.29 is 19.0 Å². The van der Waals surface area contributed by atoms with Gasteiger partial charge < -0.3 is 15.1 Å². The van der Waals surface area contributed by atoms with E-state index in [4.69, 9.17) is 9.97 Å². The third-order valence-electron chi connectivity index (χ3n) is 7.53. The molecule has 3 aromatic heterocycles. The van der Waals surface area contributed by atoms with Crippen LogP contribution in [0.2, 0.25) is 0 Å². The molecular formula is C28H33F2N7O2. The summed E-state index contributed by atoms with van der Waals surface area (Å²) in [7, 11) is 0. The predicted octanol–water partition coefficient (Wildman–Crippen LogP) is 3.49. The molecule has 0 amide bonds. The van der Waals surface area contributed by atoms with Crippen molar-refractivity contribution in [3.05, 3.63) is 65.7 Å². The fourth-order valence-corrected chi connectivity index (χ4v) is 4.61. The first-order valence-corrected chi connectivity index (χ1v) is 13.0. The number of aryl methyl sites for hydroxylation is 1. The number of hydrogen-bond donors (Lipinski definition) is 2. The highest BCUT2D eigenvalue weighted by Gasteiger charge is 2.40. The molecule has 1 atom stereocenters. The molecular weight excluding hydrogens is 504 g/mol. The Bertz CT molecular complexity index is 1490. The van der Waals surface area contributed by atoms with Crippen molar-refractivity contribution in [1.82, 2.24) is 29.6 Å². The van der Waals surface area contributed by atoms with Crippen molar-refractivity contribution in [2.75, 3.05) is 31.1 Å². The molecule has 1 aliphatic rings. The Morgan fingerprint density at radius 2 is 1.69 bits per heavy atom. The normalized spacial score (nSPS) is 16.6. The fraction of sp³-hybridized carbons (Fsp3) is 0.429. The summed E-state index contributed by atoms with van der Waals surface area (Å²) in [5, 5.41) is 25.9. The quantitative estimate of drug-likeness (QED) is 0.369. The van der Waals surface area contributed by atoms with Crippen molar-refractivity contribution in [3.8, 4) is 11.3 Å². The average Bonchev–Trinajstić information content (AvgIpc) is 3.38. The van der Waals surface area contributed by atoms with Crippen LogP contribution < -0.4 is 4.90 Å². The summed E-state index contributed by atoms with van der Waals surface area (Å²) in [4.78, 5) is 18.5.